The highest BCUT2D eigenvalue weighted by molar-refractivity contribution is 7.99. The van der Waals surface area contributed by atoms with Gasteiger partial charge in [-0.05, 0) is 43.2 Å². The minimum atomic E-state index is 0.0665. The van der Waals surface area contributed by atoms with Crippen LogP contribution in [0.25, 0.3) is 0 Å². The van der Waals surface area contributed by atoms with E-state index >= 15 is 0 Å². The molecule has 2 aromatic heterocycles. The van der Waals surface area contributed by atoms with E-state index < -0.39 is 0 Å². The maximum atomic E-state index is 12.1. The zero-order valence-electron chi connectivity index (χ0n) is 15.9. The molecule has 2 aliphatic rings. The minimum Gasteiger partial charge on any atom is -0.467 e. The van der Waals surface area contributed by atoms with Crippen molar-refractivity contribution in [2.75, 3.05) is 23.7 Å². The summed E-state index contributed by atoms with van der Waals surface area (Å²) in [5, 5.41) is 12.7. The topological polar surface area (TPSA) is 76.2 Å². The molecule has 8 heteroatoms. The van der Waals surface area contributed by atoms with Crippen molar-refractivity contribution in [2.24, 2.45) is 11.8 Å². The maximum absolute atomic E-state index is 12.1. The second-order valence-electron chi connectivity index (χ2n) is 7.93. The van der Waals surface area contributed by atoms with Crippen LogP contribution in [-0.2, 0) is 11.3 Å². The fourth-order valence-corrected chi connectivity index (χ4v) is 4.52. The Bertz CT molecular complexity index is 761. The molecule has 0 radical (unpaired) electrons. The van der Waals surface area contributed by atoms with Crippen LogP contribution in [0.2, 0.25) is 0 Å². The molecule has 3 heterocycles. The number of thioether (sulfide) groups is 1. The van der Waals surface area contributed by atoms with Gasteiger partial charge in [-0.2, -0.15) is 0 Å². The van der Waals surface area contributed by atoms with Gasteiger partial charge in [0.15, 0.2) is 5.16 Å². The first kappa shape index (κ1) is 18.4. The molecule has 4 rings (SSSR count). The molecule has 27 heavy (non-hydrogen) atoms. The molecular formula is C19H27N5O2S. The first-order valence-electron chi connectivity index (χ1n) is 9.71. The van der Waals surface area contributed by atoms with Gasteiger partial charge in [0, 0.05) is 19.1 Å². The summed E-state index contributed by atoms with van der Waals surface area (Å²) in [4.78, 5) is 14.4. The molecule has 7 nitrogen and oxygen atoms in total. The predicted molar refractivity (Wildman–Crippen MR) is 105 cm³/mol. The molecule has 2 fully saturated rings. The number of nitrogens with one attached hydrogen (secondary N) is 1. The van der Waals surface area contributed by atoms with Crippen molar-refractivity contribution in [3.05, 3.63) is 24.2 Å². The molecule has 1 saturated carbocycles. The Balaban J connectivity index is 1.52. The molecule has 0 bridgehead atoms. The predicted octanol–water partition coefficient (Wildman–Crippen LogP) is 2.77. The SMILES string of the molecule is C[C@H]1C[C@H](C)CN(c2nnc(SCC(=O)NC3CC3)n2Cc2ccco2)C1. The summed E-state index contributed by atoms with van der Waals surface area (Å²) in [5.74, 6) is 3.41. The Labute approximate surface area is 163 Å². The number of nitrogens with zero attached hydrogens (tertiary/aromatic N) is 4. The van der Waals surface area contributed by atoms with Gasteiger partial charge in [0.05, 0.1) is 18.6 Å². The monoisotopic (exact) mass is 389 g/mol. The molecule has 2 aromatic rings. The number of anilines is 1. The van der Waals surface area contributed by atoms with Gasteiger partial charge in [-0.3, -0.25) is 9.36 Å². The highest BCUT2D eigenvalue weighted by Crippen LogP contribution is 2.29. The molecule has 1 saturated heterocycles. The third-order valence-corrected chi connectivity index (χ3v) is 5.98. The van der Waals surface area contributed by atoms with Crippen molar-refractivity contribution in [3.8, 4) is 0 Å². The third kappa shape index (κ3) is 4.66. The average molecular weight is 390 g/mol. The fourth-order valence-electron chi connectivity index (χ4n) is 3.77. The molecule has 0 unspecified atom stereocenters. The van der Waals surface area contributed by atoms with Crippen LogP contribution in [0, 0.1) is 11.8 Å². The van der Waals surface area contributed by atoms with Crippen LogP contribution < -0.4 is 10.2 Å². The summed E-state index contributed by atoms with van der Waals surface area (Å²) in [6, 6.07) is 4.23. The lowest BCUT2D eigenvalue weighted by molar-refractivity contribution is -0.118. The van der Waals surface area contributed by atoms with Crippen molar-refractivity contribution >= 4 is 23.6 Å². The quantitative estimate of drug-likeness (QED) is 0.734. The smallest absolute Gasteiger partial charge is 0.230 e. The maximum Gasteiger partial charge on any atom is 0.230 e. The number of amides is 1. The first-order valence-corrected chi connectivity index (χ1v) is 10.7. The van der Waals surface area contributed by atoms with Gasteiger partial charge in [-0.15, -0.1) is 10.2 Å². The second-order valence-corrected chi connectivity index (χ2v) is 8.87. The Kier molecular flexibility index (Phi) is 5.43. The minimum absolute atomic E-state index is 0.0665. The molecule has 1 amide bonds. The van der Waals surface area contributed by atoms with E-state index in [0.717, 1.165) is 42.8 Å². The summed E-state index contributed by atoms with van der Waals surface area (Å²) >= 11 is 1.44. The van der Waals surface area contributed by atoms with Crippen molar-refractivity contribution < 1.29 is 9.21 Å². The molecule has 1 aliphatic carbocycles. The normalized spacial score (nSPS) is 22.8. The molecule has 0 aromatic carbocycles. The standard InChI is InChI=1S/C19H27N5O2S/c1-13-8-14(2)10-23(9-13)18-21-22-19(24(18)11-16-4-3-7-26-16)27-12-17(25)20-15-5-6-15/h3-4,7,13-15H,5-6,8-12H2,1-2H3,(H,20,25)/t13-,14-/m0/s1. The van der Waals surface area contributed by atoms with Gasteiger partial charge in [0.2, 0.25) is 11.9 Å². The number of aromatic nitrogens is 3. The van der Waals surface area contributed by atoms with Crippen LogP contribution in [0.4, 0.5) is 5.95 Å². The van der Waals surface area contributed by atoms with Crippen LogP contribution in [0.1, 0.15) is 38.9 Å². The first-order chi connectivity index (χ1) is 13.1. The van der Waals surface area contributed by atoms with Crippen molar-refractivity contribution in [3.63, 3.8) is 0 Å². The number of piperidine rings is 1. The molecule has 1 aliphatic heterocycles. The number of hydrogen-bond acceptors (Lipinski definition) is 6. The van der Waals surface area contributed by atoms with Crippen molar-refractivity contribution in [1.29, 1.82) is 0 Å². The number of carbonyl (C=O) groups excluding carboxylic acids is 1. The Hall–Kier alpha value is -1.96. The van der Waals surface area contributed by atoms with Crippen LogP contribution in [0.5, 0.6) is 0 Å². The van der Waals surface area contributed by atoms with Gasteiger partial charge in [0.25, 0.3) is 0 Å². The fraction of sp³-hybridized carbons (Fsp3) is 0.632. The number of rotatable bonds is 7. The van der Waals surface area contributed by atoms with Gasteiger partial charge < -0.3 is 14.6 Å². The molecular weight excluding hydrogens is 362 g/mol. The Morgan fingerprint density at radius 1 is 1.30 bits per heavy atom. The van der Waals surface area contributed by atoms with Crippen LogP contribution >= 0.6 is 11.8 Å². The molecule has 1 N–H and O–H groups in total. The Morgan fingerprint density at radius 2 is 2.07 bits per heavy atom. The Morgan fingerprint density at radius 3 is 2.74 bits per heavy atom. The summed E-state index contributed by atoms with van der Waals surface area (Å²) in [7, 11) is 0. The molecule has 2 atom stereocenters. The lowest BCUT2D eigenvalue weighted by Crippen LogP contribution is -2.40. The van der Waals surface area contributed by atoms with Crippen LogP contribution in [0.15, 0.2) is 28.0 Å². The highest BCUT2D eigenvalue weighted by Gasteiger charge is 2.28. The second kappa shape index (κ2) is 7.96. The van der Waals surface area contributed by atoms with E-state index in [-0.39, 0.29) is 5.91 Å². The summed E-state index contributed by atoms with van der Waals surface area (Å²) < 4.78 is 7.63. The zero-order chi connectivity index (χ0) is 18.8. The van der Waals surface area contributed by atoms with E-state index in [1.54, 1.807) is 6.26 Å². The summed E-state index contributed by atoms with van der Waals surface area (Å²) in [6.07, 6.45) is 5.12. The largest absolute Gasteiger partial charge is 0.467 e. The average Bonchev–Trinajstić information content (AvgIpc) is 3.13. The number of carbonyl (C=O) groups is 1. The lowest BCUT2D eigenvalue weighted by atomic mass is 9.92. The van der Waals surface area contributed by atoms with Gasteiger partial charge in [0.1, 0.15) is 5.76 Å². The lowest BCUT2D eigenvalue weighted by Gasteiger charge is -2.35. The van der Waals surface area contributed by atoms with E-state index in [4.69, 9.17) is 4.42 Å². The molecule has 146 valence electrons. The van der Waals surface area contributed by atoms with Crippen LogP contribution in [-0.4, -0.2) is 45.6 Å². The molecule has 0 spiro atoms. The van der Waals surface area contributed by atoms with E-state index in [0.29, 0.717) is 30.2 Å². The number of furan rings is 1. The van der Waals surface area contributed by atoms with E-state index in [9.17, 15) is 4.79 Å². The number of hydrogen-bond donors (Lipinski definition) is 1. The van der Waals surface area contributed by atoms with Gasteiger partial charge in [-0.25, -0.2) is 0 Å². The summed E-state index contributed by atoms with van der Waals surface area (Å²) in [6.45, 7) is 7.10. The van der Waals surface area contributed by atoms with Gasteiger partial charge >= 0.3 is 0 Å². The van der Waals surface area contributed by atoms with E-state index in [1.807, 2.05) is 12.1 Å². The van der Waals surface area contributed by atoms with E-state index in [2.05, 4.69) is 38.8 Å². The zero-order valence-corrected chi connectivity index (χ0v) is 16.7. The van der Waals surface area contributed by atoms with Crippen molar-refractivity contribution in [1.82, 2.24) is 20.1 Å². The van der Waals surface area contributed by atoms with Crippen LogP contribution in [0.3, 0.4) is 0 Å². The third-order valence-electron chi connectivity index (χ3n) is 5.02. The van der Waals surface area contributed by atoms with Crippen molar-refractivity contribution in [2.45, 2.75) is 50.9 Å². The van der Waals surface area contributed by atoms with Gasteiger partial charge in [-0.1, -0.05) is 25.6 Å². The summed E-state index contributed by atoms with van der Waals surface area (Å²) in [5.41, 5.74) is 0. The highest BCUT2D eigenvalue weighted by atomic mass is 32.2. The van der Waals surface area contributed by atoms with E-state index in [1.165, 1.54) is 18.2 Å².